The highest BCUT2D eigenvalue weighted by Crippen LogP contribution is 2.35. The second-order valence-electron chi connectivity index (χ2n) is 5.37. The van der Waals surface area contributed by atoms with Crippen LogP contribution in [0.2, 0.25) is 0 Å². The Hall–Kier alpha value is -3.79. The average molecular weight is 330 g/mol. The first-order valence-electron chi connectivity index (χ1n) is 7.42. The van der Waals surface area contributed by atoms with Gasteiger partial charge < -0.3 is 5.73 Å². The van der Waals surface area contributed by atoms with Crippen molar-refractivity contribution in [2.24, 2.45) is 0 Å². The van der Waals surface area contributed by atoms with Crippen molar-refractivity contribution in [2.45, 2.75) is 0 Å². The lowest BCUT2D eigenvalue weighted by Crippen LogP contribution is -2.03. The molecule has 0 saturated heterocycles. The number of rotatable bonds is 2. The van der Waals surface area contributed by atoms with Crippen LogP contribution in [0.25, 0.3) is 28.0 Å². The van der Waals surface area contributed by atoms with Crippen molar-refractivity contribution in [3.63, 3.8) is 0 Å². The fourth-order valence-corrected chi connectivity index (χ4v) is 2.68. The molecular formula is C18H11FN6. The summed E-state index contributed by atoms with van der Waals surface area (Å²) in [6.45, 7) is 0. The molecular weight excluding hydrogens is 319 g/mol. The van der Waals surface area contributed by atoms with E-state index in [0.29, 0.717) is 11.3 Å². The number of fused-ring (bicyclic) bond motifs is 1. The molecule has 0 unspecified atom stereocenters. The lowest BCUT2D eigenvalue weighted by Gasteiger charge is -2.03. The lowest BCUT2D eigenvalue weighted by molar-refractivity contribution is 0.628. The van der Waals surface area contributed by atoms with Crippen LogP contribution in [-0.4, -0.2) is 19.6 Å². The van der Waals surface area contributed by atoms with E-state index >= 15 is 0 Å². The first-order valence-corrected chi connectivity index (χ1v) is 7.42. The molecule has 2 N–H and O–H groups in total. The lowest BCUT2D eigenvalue weighted by atomic mass is 10.0. The molecule has 0 fully saturated rings. The van der Waals surface area contributed by atoms with Gasteiger partial charge >= 0.3 is 0 Å². The van der Waals surface area contributed by atoms with E-state index in [1.807, 2.05) is 18.2 Å². The van der Waals surface area contributed by atoms with Crippen LogP contribution in [0.4, 0.5) is 10.2 Å². The molecule has 120 valence electrons. The van der Waals surface area contributed by atoms with Gasteiger partial charge in [0.15, 0.2) is 5.65 Å². The average Bonchev–Trinajstić information content (AvgIpc) is 3.04. The molecule has 7 heteroatoms. The highest BCUT2D eigenvalue weighted by molar-refractivity contribution is 5.91. The van der Waals surface area contributed by atoms with Gasteiger partial charge in [-0.3, -0.25) is 4.98 Å². The molecule has 3 heterocycles. The summed E-state index contributed by atoms with van der Waals surface area (Å²) in [5.74, 6) is -0.126. The molecule has 0 spiro atoms. The number of anilines is 1. The third-order valence-corrected chi connectivity index (χ3v) is 3.89. The van der Waals surface area contributed by atoms with Crippen molar-refractivity contribution in [3.05, 3.63) is 66.4 Å². The number of nitrogen functional groups attached to an aromatic ring is 1. The zero-order valence-electron chi connectivity index (χ0n) is 12.9. The number of hydrogen-bond donors (Lipinski definition) is 1. The van der Waals surface area contributed by atoms with E-state index in [2.05, 4.69) is 15.1 Å². The molecule has 0 amide bonds. The van der Waals surface area contributed by atoms with Crippen LogP contribution in [0.3, 0.4) is 0 Å². The van der Waals surface area contributed by atoms with E-state index in [0.717, 1.165) is 16.7 Å². The summed E-state index contributed by atoms with van der Waals surface area (Å²) >= 11 is 0. The summed E-state index contributed by atoms with van der Waals surface area (Å²) in [7, 11) is 0. The predicted molar refractivity (Wildman–Crippen MR) is 90.7 cm³/mol. The van der Waals surface area contributed by atoms with Gasteiger partial charge in [-0.1, -0.05) is 0 Å². The molecule has 0 bridgehead atoms. The van der Waals surface area contributed by atoms with Gasteiger partial charge in [-0.05, 0) is 42.0 Å². The van der Waals surface area contributed by atoms with Crippen molar-refractivity contribution in [2.75, 3.05) is 5.73 Å². The van der Waals surface area contributed by atoms with Crippen LogP contribution in [0, 0.1) is 17.1 Å². The van der Waals surface area contributed by atoms with E-state index in [-0.39, 0.29) is 17.2 Å². The molecule has 4 rings (SSSR count). The largest absolute Gasteiger partial charge is 0.382 e. The first kappa shape index (κ1) is 14.8. The zero-order valence-corrected chi connectivity index (χ0v) is 12.9. The molecule has 1 aromatic carbocycles. The van der Waals surface area contributed by atoms with Crippen LogP contribution in [0.1, 0.15) is 5.56 Å². The number of nitrogens with zero attached hydrogens (tertiary/aromatic N) is 5. The van der Waals surface area contributed by atoms with E-state index in [4.69, 9.17) is 11.0 Å². The molecule has 0 atom stereocenters. The van der Waals surface area contributed by atoms with E-state index < -0.39 is 0 Å². The van der Waals surface area contributed by atoms with Crippen LogP contribution < -0.4 is 5.73 Å². The number of aromatic nitrogens is 4. The van der Waals surface area contributed by atoms with Gasteiger partial charge in [-0.25, -0.2) is 9.37 Å². The minimum Gasteiger partial charge on any atom is -0.382 e. The minimum atomic E-state index is -0.331. The fraction of sp³-hybridized carbons (Fsp3) is 0. The normalized spacial score (nSPS) is 10.7. The van der Waals surface area contributed by atoms with Crippen LogP contribution in [0.15, 0.2) is 55.0 Å². The molecule has 0 aliphatic heterocycles. The Bertz CT molecular complexity index is 1110. The SMILES string of the molecule is N#Cc1cnc2c(-c3ccncc3)c(-c3ccc(F)cc3)nn2c1N. The van der Waals surface area contributed by atoms with Crippen LogP contribution in [-0.2, 0) is 0 Å². The summed E-state index contributed by atoms with van der Waals surface area (Å²) in [4.78, 5) is 8.39. The van der Waals surface area contributed by atoms with Crippen LogP contribution >= 0.6 is 0 Å². The summed E-state index contributed by atoms with van der Waals surface area (Å²) in [5.41, 5.74) is 9.72. The molecule has 0 aliphatic rings. The Morgan fingerprint density at radius 3 is 2.44 bits per heavy atom. The zero-order chi connectivity index (χ0) is 17.4. The number of nitrogens with two attached hydrogens (primary N) is 1. The maximum absolute atomic E-state index is 13.3. The Kier molecular flexibility index (Phi) is 3.36. The van der Waals surface area contributed by atoms with Gasteiger partial charge in [0.2, 0.25) is 0 Å². The third kappa shape index (κ3) is 2.37. The van der Waals surface area contributed by atoms with Crippen LogP contribution in [0.5, 0.6) is 0 Å². The highest BCUT2D eigenvalue weighted by Gasteiger charge is 2.20. The summed E-state index contributed by atoms with van der Waals surface area (Å²) in [6, 6.07) is 11.7. The smallest absolute Gasteiger partial charge is 0.165 e. The van der Waals surface area contributed by atoms with E-state index in [1.165, 1.54) is 22.8 Å². The standard InChI is InChI=1S/C18H11FN6/c19-14-3-1-12(2-4-14)16-15(11-5-7-22-8-6-11)18-23-10-13(9-20)17(21)25(18)24-16/h1-8,10H,21H2. The number of halogens is 1. The van der Waals surface area contributed by atoms with Crippen molar-refractivity contribution < 1.29 is 4.39 Å². The maximum Gasteiger partial charge on any atom is 0.165 e. The summed E-state index contributed by atoms with van der Waals surface area (Å²) in [6.07, 6.45) is 4.76. The number of benzene rings is 1. The molecule has 0 radical (unpaired) electrons. The Labute approximate surface area is 142 Å². The summed E-state index contributed by atoms with van der Waals surface area (Å²) < 4.78 is 14.7. The predicted octanol–water partition coefficient (Wildman–Crippen LogP) is 3.05. The Morgan fingerprint density at radius 1 is 1.04 bits per heavy atom. The third-order valence-electron chi connectivity index (χ3n) is 3.89. The monoisotopic (exact) mass is 330 g/mol. The van der Waals surface area contributed by atoms with Gasteiger partial charge in [0.1, 0.15) is 29.0 Å². The topological polar surface area (TPSA) is 92.9 Å². The molecule has 0 saturated carbocycles. The Morgan fingerprint density at radius 2 is 1.76 bits per heavy atom. The highest BCUT2D eigenvalue weighted by atomic mass is 19.1. The molecule has 0 aliphatic carbocycles. The minimum absolute atomic E-state index is 0.205. The molecule has 4 aromatic rings. The molecule has 3 aromatic heterocycles. The van der Waals surface area contributed by atoms with Gasteiger partial charge in [0, 0.05) is 18.0 Å². The van der Waals surface area contributed by atoms with Gasteiger partial charge in [-0.15, -0.1) is 0 Å². The first-order chi connectivity index (χ1) is 12.2. The summed E-state index contributed by atoms with van der Waals surface area (Å²) in [5, 5.41) is 13.7. The number of nitriles is 1. The van der Waals surface area contributed by atoms with Crippen molar-refractivity contribution in [3.8, 4) is 28.5 Å². The maximum atomic E-state index is 13.3. The Balaban J connectivity index is 2.09. The van der Waals surface area contributed by atoms with Crippen molar-refractivity contribution >= 4 is 11.5 Å². The second kappa shape index (κ2) is 5.69. The van der Waals surface area contributed by atoms with Gasteiger partial charge in [-0.2, -0.15) is 14.9 Å². The van der Waals surface area contributed by atoms with Gasteiger partial charge in [0.25, 0.3) is 0 Å². The van der Waals surface area contributed by atoms with E-state index in [9.17, 15) is 4.39 Å². The second-order valence-corrected chi connectivity index (χ2v) is 5.37. The number of pyridine rings is 1. The fourth-order valence-electron chi connectivity index (χ4n) is 2.68. The molecule has 25 heavy (non-hydrogen) atoms. The van der Waals surface area contributed by atoms with E-state index in [1.54, 1.807) is 24.5 Å². The molecule has 6 nitrogen and oxygen atoms in total. The van der Waals surface area contributed by atoms with Crippen molar-refractivity contribution in [1.29, 1.82) is 5.26 Å². The van der Waals surface area contributed by atoms with Gasteiger partial charge in [0.05, 0.1) is 11.8 Å². The quantitative estimate of drug-likeness (QED) is 0.610. The van der Waals surface area contributed by atoms with Crippen molar-refractivity contribution in [1.82, 2.24) is 19.6 Å². The number of hydrogen-bond acceptors (Lipinski definition) is 5.